The summed E-state index contributed by atoms with van der Waals surface area (Å²) in [5, 5.41) is 14.0. The van der Waals surface area contributed by atoms with Crippen molar-refractivity contribution in [1.82, 2.24) is 10.6 Å². The maximum Gasteiger partial charge on any atom is 0.328 e. The number of carbonyl (C=O) groups is 2. The number of amides is 2. The second-order valence-corrected chi connectivity index (χ2v) is 5.88. The lowest BCUT2D eigenvalue weighted by Gasteiger charge is -2.30. The minimum absolute atomic E-state index is 0.0231. The first-order valence-electron chi connectivity index (χ1n) is 5.78. The summed E-state index contributed by atoms with van der Waals surface area (Å²) in [4.78, 5) is 22.4. The van der Waals surface area contributed by atoms with Crippen molar-refractivity contribution in [3.8, 4) is 0 Å². The molecule has 0 aliphatic carbocycles. The summed E-state index contributed by atoms with van der Waals surface area (Å²) in [5.74, 6) is -0.633. The molecule has 0 aromatic heterocycles. The van der Waals surface area contributed by atoms with Crippen LogP contribution in [0.1, 0.15) is 41.5 Å². The van der Waals surface area contributed by atoms with E-state index < -0.39 is 17.5 Å². The molecule has 3 N–H and O–H groups in total. The molecule has 0 aliphatic heterocycles. The Morgan fingerprint density at radius 1 is 1.18 bits per heavy atom. The van der Waals surface area contributed by atoms with Crippen LogP contribution in [0, 0.1) is 11.3 Å². The number of carbonyl (C=O) groups excluding carboxylic acids is 1. The van der Waals surface area contributed by atoms with Gasteiger partial charge in [0.15, 0.2) is 0 Å². The van der Waals surface area contributed by atoms with Gasteiger partial charge in [-0.15, -0.1) is 0 Å². The molecule has 0 bridgehead atoms. The van der Waals surface area contributed by atoms with Gasteiger partial charge in [0.1, 0.15) is 5.54 Å². The lowest BCUT2D eigenvalue weighted by Crippen LogP contribution is -2.54. The van der Waals surface area contributed by atoms with E-state index in [1.165, 1.54) is 13.8 Å². The quantitative estimate of drug-likeness (QED) is 0.690. The number of aliphatic carboxylic acids is 1. The first kappa shape index (κ1) is 15.7. The Labute approximate surface area is 103 Å². The van der Waals surface area contributed by atoms with Crippen LogP contribution in [-0.4, -0.2) is 29.2 Å². The van der Waals surface area contributed by atoms with Crippen LogP contribution in [0.4, 0.5) is 4.79 Å². The Hall–Kier alpha value is -1.26. The van der Waals surface area contributed by atoms with E-state index in [1.807, 2.05) is 0 Å². The van der Waals surface area contributed by atoms with Crippen LogP contribution in [-0.2, 0) is 4.79 Å². The highest BCUT2D eigenvalue weighted by atomic mass is 16.4. The van der Waals surface area contributed by atoms with Crippen LogP contribution < -0.4 is 10.6 Å². The first-order valence-corrected chi connectivity index (χ1v) is 5.78. The number of nitrogens with one attached hydrogen (secondary N) is 2. The molecule has 0 unspecified atom stereocenters. The fourth-order valence-corrected chi connectivity index (χ4v) is 0.894. The molecule has 100 valence electrons. The average molecular weight is 244 g/mol. The van der Waals surface area contributed by atoms with E-state index >= 15 is 0 Å². The first-order chi connectivity index (χ1) is 7.49. The maximum absolute atomic E-state index is 11.5. The molecule has 0 aromatic carbocycles. The summed E-state index contributed by atoms with van der Waals surface area (Å²) in [6.07, 6.45) is 0. The zero-order chi connectivity index (χ0) is 13.9. The number of hydrogen-bond acceptors (Lipinski definition) is 2. The normalized spacial score (nSPS) is 12.4. The smallest absolute Gasteiger partial charge is 0.328 e. The Bertz CT molecular complexity index is 296. The third-order valence-corrected chi connectivity index (χ3v) is 3.23. The van der Waals surface area contributed by atoms with Gasteiger partial charge in [0.25, 0.3) is 0 Å². The monoisotopic (exact) mass is 244 g/mol. The summed E-state index contributed by atoms with van der Waals surface area (Å²) >= 11 is 0. The molecular weight excluding hydrogens is 220 g/mol. The lowest BCUT2D eigenvalue weighted by molar-refractivity contribution is -0.142. The van der Waals surface area contributed by atoms with Crippen LogP contribution >= 0.6 is 0 Å². The molecule has 0 saturated heterocycles. The zero-order valence-corrected chi connectivity index (χ0v) is 11.5. The summed E-state index contributed by atoms with van der Waals surface area (Å²) < 4.78 is 0. The highest BCUT2D eigenvalue weighted by molar-refractivity contribution is 5.85. The highest BCUT2D eigenvalue weighted by Crippen LogP contribution is 2.24. The molecule has 5 nitrogen and oxygen atoms in total. The van der Waals surface area contributed by atoms with Crippen molar-refractivity contribution >= 4 is 12.0 Å². The number of rotatable bonds is 5. The molecule has 0 saturated carbocycles. The topological polar surface area (TPSA) is 78.4 Å². The highest BCUT2D eigenvalue weighted by Gasteiger charge is 2.30. The second-order valence-electron chi connectivity index (χ2n) is 5.88. The maximum atomic E-state index is 11.5. The number of carboxylic acid groups (broad SMARTS) is 1. The molecule has 0 aliphatic rings. The van der Waals surface area contributed by atoms with Gasteiger partial charge in [0.2, 0.25) is 0 Å². The molecule has 5 heteroatoms. The van der Waals surface area contributed by atoms with Gasteiger partial charge in [-0.25, -0.2) is 9.59 Å². The van der Waals surface area contributed by atoms with Crippen LogP contribution in [0.3, 0.4) is 0 Å². The van der Waals surface area contributed by atoms with Gasteiger partial charge in [-0.1, -0.05) is 27.7 Å². The molecule has 0 heterocycles. The van der Waals surface area contributed by atoms with Crippen LogP contribution in [0.15, 0.2) is 0 Å². The van der Waals surface area contributed by atoms with Crippen molar-refractivity contribution in [2.45, 2.75) is 47.1 Å². The van der Waals surface area contributed by atoms with E-state index in [0.29, 0.717) is 12.5 Å². The molecule has 0 fully saturated rings. The van der Waals surface area contributed by atoms with Crippen LogP contribution in [0.25, 0.3) is 0 Å². The molecule has 0 rings (SSSR count). The standard InChI is InChI=1S/C12H24N2O3/c1-8(2)11(3,4)7-13-10(17)14-12(5,6)9(15)16/h8H,7H2,1-6H3,(H,15,16)(H2,13,14,17). The predicted molar refractivity (Wildman–Crippen MR) is 66.9 cm³/mol. The molecule has 0 spiro atoms. The minimum Gasteiger partial charge on any atom is -0.480 e. The Balaban J connectivity index is 4.27. The third kappa shape index (κ3) is 5.06. The van der Waals surface area contributed by atoms with Crippen molar-refractivity contribution in [3.63, 3.8) is 0 Å². The van der Waals surface area contributed by atoms with Gasteiger partial charge in [0, 0.05) is 6.54 Å². The van der Waals surface area contributed by atoms with Crippen molar-refractivity contribution in [3.05, 3.63) is 0 Å². The minimum atomic E-state index is -1.26. The van der Waals surface area contributed by atoms with Crippen LogP contribution in [0.5, 0.6) is 0 Å². The van der Waals surface area contributed by atoms with Gasteiger partial charge in [-0.2, -0.15) is 0 Å². The van der Waals surface area contributed by atoms with Crippen molar-refractivity contribution < 1.29 is 14.7 Å². The molecule has 0 radical (unpaired) electrons. The molecular formula is C12H24N2O3. The second kappa shape index (κ2) is 5.38. The zero-order valence-electron chi connectivity index (χ0n) is 11.5. The number of hydrogen-bond donors (Lipinski definition) is 3. The third-order valence-electron chi connectivity index (χ3n) is 3.23. The Kier molecular flexibility index (Phi) is 4.98. The summed E-state index contributed by atoms with van der Waals surface area (Å²) in [5.41, 5.74) is -1.28. The fraction of sp³-hybridized carbons (Fsp3) is 0.833. The van der Waals surface area contributed by atoms with E-state index in [2.05, 4.69) is 38.3 Å². The predicted octanol–water partition coefficient (Wildman–Crippen LogP) is 1.83. The SMILES string of the molecule is CC(C)C(C)(C)CNC(=O)NC(C)(C)C(=O)O. The Morgan fingerprint density at radius 3 is 2.00 bits per heavy atom. The molecule has 0 aromatic rings. The van der Waals surface area contributed by atoms with Gasteiger partial charge >= 0.3 is 12.0 Å². The lowest BCUT2D eigenvalue weighted by atomic mass is 9.81. The van der Waals surface area contributed by atoms with Crippen molar-refractivity contribution in [2.75, 3.05) is 6.54 Å². The number of urea groups is 1. The van der Waals surface area contributed by atoms with Crippen molar-refractivity contribution in [1.29, 1.82) is 0 Å². The average Bonchev–Trinajstić information content (AvgIpc) is 2.13. The summed E-state index contributed by atoms with van der Waals surface area (Å²) in [7, 11) is 0. The largest absolute Gasteiger partial charge is 0.480 e. The molecule has 2 amide bonds. The molecule has 0 atom stereocenters. The van der Waals surface area contributed by atoms with Gasteiger partial charge in [-0.3, -0.25) is 0 Å². The van der Waals surface area contributed by atoms with Gasteiger partial charge in [0.05, 0.1) is 0 Å². The summed E-state index contributed by atoms with van der Waals surface area (Å²) in [6.45, 7) is 11.7. The Morgan fingerprint density at radius 2 is 1.65 bits per heavy atom. The van der Waals surface area contributed by atoms with E-state index in [4.69, 9.17) is 5.11 Å². The fourth-order valence-electron chi connectivity index (χ4n) is 0.894. The molecule has 17 heavy (non-hydrogen) atoms. The number of carboxylic acids is 1. The summed E-state index contributed by atoms with van der Waals surface area (Å²) in [6, 6.07) is -0.453. The van der Waals surface area contributed by atoms with E-state index in [0.717, 1.165) is 0 Å². The van der Waals surface area contributed by atoms with Crippen molar-refractivity contribution in [2.24, 2.45) is 11.3 Å². The van der Waals surface area contributed by atoms with Gasteiger partial charge in [-0.05, 0) is 25.2 Å². The van der Waals surface area contributed by atoms with Gasteiger partial charge < -0.3 is 15.7 Å². The van der Waals surface area contributed by atoms with Crippen LogP contribution in [0.2, 0.25) is 0 Å². The van der Waals surface area contributed by atoms with E-state index in [-0.39, 0.29) is 5.41 Å². The van der Waals surface area contributed by atoms with E-state index in [9.17, 15) is 9.59 Å². The van der Waals surface area contributed by atoms with E-state index in [1.54, 1.807) is 0 Å².